The molecule has 0 heterocycles. The van der Waals surface area contributed by atoms with Crippen LogP contribution in [0, 0.1) is 5.92 Å². The van der Waals surface area contributed by atoms with Crippen LogP contribution in [-0.2, 0) is 0 Å². The van der Waals surface area contributed by atoms with Gasteiger partial charge < -0.3 is 10.6 Å². The lowest BCUT2D eigenvalue weighted by Gasteiger charge is -2.18. The van der Waals surface area contributed by atoms with Gasteiger partial charge in [-0.05, 0) is 39.9 Å². The van der Waals surface area contributed by atoms with Gasteiger partial charge >= 0.3 is 0 Å². The molecule has 2 N–H and O–H groups in total. The van der Waals surface area contributed by atoms with Crippen LogP contribution < -0.4 is 10.6 Å². The van der Waals surface area contributed by atoms with Gasteiger partial charge in [0.25, 0.3) is 0 Å². The molecule has 0 spiro atoms. The van der Waals surface area contributed by atoms with Crippen molar-refractivity contribution in [1.29, 1.82) is 0 Å². The lowest BCUT2D eigenvalue weighted by molar-refractivity contribution is 0.397. The minimum atomic E-state index is 0.633. The van der Waals surface area contributed by atoms with E-state index in [4.69, 9.17) is 0 Å². The van der Waals surface area contributed by atoms with Gasteiger partial charge in [0.2, 0.25) is 0 Å². The van der Waals surface area contributed by atoms with Gasteiger partial charge in [-0.1, -0.05) is 6.92 Å². The normalized spacial score (nSPS) is 16.8. The molecule has 2 unspecified atom stereocenters. The Bertz CT molecular complexity index is 73.7. The zero-order valence-electron chi connectivity index (χ0n) is 7.57. The molecule has 0 radical (unpaired) electrons. The third-order valence-electron chi connectivity index (χ3n) is 2.16. The molecule has 2 heteroatoms. The molecule has 0 amide bonds. The van der Waals surface area contributed by atoms with Crippen LogP contribution >= 0.6 is 0 Å². The average Bonchev–Trinajstić information content (AvgIpc) is 1.98. The van der Waals surface area contributed by atoms with Gasteiger partial charge in [0.05, 0.1) is 0 Å². The van der Waals surface area contributed by atoms with Crippen LogP contribution in [0.4, 0.5) is 0 Å². The molecule has 0 rings (SSSR count). The highest BCUT2D eigenvalue weighted by atomic mass is 14.9. The average molecular weight is 144 g/mol. The smallest absolute Gasteiger partial charge is 0.00618 e. The molecule has 0 fully saturated rings. The largest absolute Gasteiger partial charge is 0.320 e. The summed E-state index contributed by atoms with van der Waals surface area (Å²) in [6, 6.07) is 0.633. The molecule has 10 heavy (non-hydrogen) atoms. The third-order valence-corrected chi connectivity index (χ3v) is 2.16. The van der Waals surface area contributed by atoms with Gasteiger partial charge in [-0.2, -0.15) is 0 Å². The summed E-state index contributed by atoms with van der Waals surface area (Å²) in [6.45, 7) is 5.62. The van der Waals surface area contributed by atoms with E-state index in [1.807, 2.05) is 14.1 Å². The highest BCUT2D eigenvalue weighted by molar-refractivity contribution is 4.66. The second kappa shape index (κ2) is 5.69. The van der Waals surface area contributed by atoms with Crippen LogP contribution in [0.2, 0.25) is 0 Å². The molecule has 0 saturated heterocycles. The molecule has 0 saturated carbocycles. The van der Waals surface area contributed by atoms with Gasteiger partial charge in [0.1, 0.15) is 0 Å². The van der Waals surface area contributed by atoms with E-state index in [2.05, 4.69) is 24.5 Å². The molecule has 0 aromatic heterocycles. The number of rotatable bonds is 5. The summed E-state index contributed by atoms with van der Waals surface area (Å²) in [5, 5.41) is 6.40. The van der Waals surface area contributed by atoms with E-state index in [0.717, 1.165) is 12.5 Å². The van der Waals surface area contributed by atoms with E-state index in [0.29, 0.717) is 6.04 Å². The third kappa shape index (κ3) is 3.85. The molecule has 62 valence electrons. The summed E-state index contributed by atoms with van der Waals surface area (Å²) in [7, 11) is 4.01. The second-order valence-corrected chi connectivity index (χ2v) is 2.95. The fourth-order valence-corrected chi connectivity index (χ4v) is 0.907. The van der Waals surface area contributed by atoms with E-state index in [1.165, 1.54) is 6.42 Å². The Morgan fingerprint density at radius 3 is 2.20 bits per heavy atom. The van der Waals surface area contributed by atoms with E-state index >= 15 is 0 Å². The number of nitrogens with one attached hydrogen (secondary N) is 2. The van der Waals surface area contributed by atoms with Crippen LogP contribution in [0.5, 0.6) is 0 Å². The summed E-state index contributed by atoms with van der Waals surface area (Å²) < 4.78 is 0. The molecule has 0 aromatic rings. The monoisotopic (exact) mass is 144 g/mol. The van der Waals surface area contributed by atoms with Crippen molar-refractivity contribution in [1.82, 2.24) is 10.6 Å². The van der Waals surface area contributed by atoms with Crippen molar-refractivity contribution in [2.45, 2.75) is 26.3 Å². The Balaban J connectivity index is 3.31. The number of hydrogen-bond acceptors (Lipinski definition) is 2. The van der Waals surface area contributed by atoms with E-state index in [9.17, 15) is 0 Å². The van der Waals surface area contributed by atoms with Crippen molar-refractivity contribution < 1.29 is 0 Å². The fourth-order valence-electron chi connectivity index (χ4n) is 0.907. The van der Waals surface area contributed by atoms with Gasteiger partial charge in [0.15, 0.2) is 0 Å². The van der Waals surface area contributed by atoms with Crippen molar-refractivity contribution in [2.24, 2.45) is 5.92 Å². The predicted octanol–water partition coefficient (Wildman–Crippen LogP) is 0.840. The van der Waals surface area contributed by atoms with Crippen molar-refractivity contribution in [2.75, 3.05) is 20.6 Å². The van der Waals surface area contributed by atoms with E-state index in [-0.39, 0.29) is 0 Å². The molecule has 2 nitrogen and oxygen atoms in total. The van der Waals surface area contributed by atoms with Crippen molar-refractivity contribution in [3.05, 3.63) is 0 Å². The van der Waals surface area contributed by atoms with E-state index < -0.39 is 0 Å². The van der Waals surface area contributed by atoms with Gasteiger partial charge in [-0.25, -0.2) is 0 Å². The minimum Gasteiger partial charge on any atom is -0.320 e. The summed E-state index contributed by atoms with van der Waals surface area (Å²) in [6.07, 6.45) is 1.25. The first-order valence-corrected chi connectivity index (χ1v) is 4.04. The van der Waals surface area contributed by atoms with Crippen molar-refractivity contribution in [3.63, 3.8) is 0 Å². The highest BCUT2D eigenvalue weighted by Gasteiger charge is 2.07. The van der Waals surface area contributed by atoms with Crippen molar-refractivity contribution >= 4 is 0 Å². The van der Waals surface area contributed by atoms with Crippen LogP contribution in [-0.4, -0.2) is 26.7 Å². The Kier molecular flexibility index (Phi) is 5.64. The molecule has 0 aliphatic carbocycles. The Labute approximate surface area is 64.4 Å². The van der Waals surface area contributed by atoms with Crippen molar-refractivity contribution in [3.8, 4) is 0 Å². The van der Waals surface area contributed by atoms with Crippen LogP contribution in [0.3, 0.4) is 0 Å². The van der Waals surface area contributed by atoms with Crippen LogP contribution in [0.1, 0.15) is 20.3 Å². The van der Waals surface area contributed by atoms with Gasteiger partial charge in [-0.3, -0.25) is 0 Å². The fraction of sp³-hybridized carbons (Fsp3) is 1.00. The van der Waals surface area contributed by atoms with E-state index in [1.54, 1.807) is 0 Å². The first-order valence-electron chi connectivity index (χ1n) is 4.04. The first kappa shape index (κ1) is 9.92. The molecule has 0 bridgehead atoms. The quantitative estimate of drug-likeness (QED) is 0.597. The van der Waals surface area contributed by atoms with Gasteiger partial charge in [-0.15, -0.1) is 0 Å². The highest BCUT2D eigenvalue weighted by Crippen LogP contribution is 2.05. The second-order valence-electron chi connectivity index (χ2n) is 2.95. The zero-order valence-corrected chi connectivity index (χ0v) is 7.57. The first-order chi connectivity index (χ1) is 4.72. The molecular weight excluding hydrogens is 124 g/mol. The maximum absolute atomic E-state index is 3.25. The Hall–Kier alpha value is -0.0800. The maximum Gasteiger partial charge on any atom is 0.00618 e. The zero-order chi connectivity index (χ0) is 7.98. The summed E-state index contributed by atoms with van der Waals surface area (Å²) in [5.74, 6) is 0.762. The molecule has 2 atom stereocenters. The summed E-state index contributed by atoms with van der Waals surface area (Å²) in [4.78, 5) is 0. The molecular formula is C8H20N2. The molecule has 0 aromatic carbocycles. The number of hydrogen-bond donors (Lipinski definition) is 2. The summed E-state index contributed by atoms with van der Waals surface area (Å²) >= 11 is 0. The molecule has 0 aliphatic heterocycles. The summed E-state index contributed by atoms with van der Waals surface area (Å²) in [5.41, 5.74) is 0. The standard InChI is InChI=1S/C8H20N2/c1-7(5-6-9-3)8(2)10-4/h7-10H,5-6H2,1-4H3. The topological polar surface area (TPSA) is 24.1 Å². The van der Waals surface area contributed by atoms with Crippen LogP contribution in [0.25, 0.3) is 0 Å². The van der Waals surface area contributed by atoms with Gasteiger partial charge in [0, 0.05) is 6.04 Å². The Morgan fingerprint density at radius 1 is 1.20 bits per heavy atom. The maximum atomic E-state index is 3.25. The lowest BCUT2D eigenvalue weighted by atomic mass is 10.0. The SMILES string of the molecule is CNCCC(C)C(C)NC. The van der Waals surface area contributed by atoms with Crippen LogP contribution in [0.15, 0.2) is 0 Å². The minimum absolute atomic E-state index is 0.633. The lowest BCUT2D eigenvalue weighted by Crippen LogP contribution is -2.30. The molecule has 0 aliphatic rings. The Morgan fingerprint density at radius 2 is 1.80 bits per heavy atom. The predicted molar refractivity (Wildman–Crippen MR) is 46.2 cm³/mol.